The summed E-state index contributed by atoms with van der Waals surface area (Å²) in [5.41, 5.74) is 19.8. The minimum absolute atomic E-state index is 0.706. The highest BCUT2D eigenvalue weighted by Crippen LogP contribution is 2.53. The maximum Gasteiger partial charge on any atom is 0.106 e. The molecule has 316 valence electrons. The van der Waals surface area contributed by atoms with E-state index < -0.39 is 0 Å². The summed E-state index contributed by atoms with van der Waals surface area (Å²) in [5, 5.41) is 19.2. The Bertz CT molecular complexity index is 4020. The lowest BCUT2D eigenvalue weighted by Crippen LogP contribution is -2.05. The van der Waals surface area contributed by atoms with Crippen molar-refractivity contribution in [1.29, 1.82) is 0 Å². The van der Waals surface area contributed by atoms with Gasteiger partial charge in [0.25, 0.3) is 0 Å². The van der Waals surface area contributed by atoms with E-state index in [4.69, 9.17) is 25.4 Å². The molecule has 0 saturated heterocycles. The summed E-state index contributed by atoms with van der Waals surface area (Å²) in [6.45, 7) is 0. The van der Waals surface area contributed by atoms with Crippen molar-refractivity contribution in [3.05, 3.63) is 258 Å². The molecule has 0 aliphatic carbocycles. The van der Waals surface area contributed by atoms with Crippen molar-refractivity contribution < 1.29 is 0 Å². The molecule has 0 fully saturated rings. The normalized spacial score (nSPS) is 11.8. The van der Waals surface area contributed by atoms with Crippen molar-refractivity contribution in [2.75, 3.05) is 0 Å². The van der Waals surface area contributed by atoms with Crippen LogP contribution >= 0.6 is 0 Å². The van der Waals surface area contributed by atoms with Crippen LogP contribution in [0.3, 0.4) is 0 Å². The fourth-order valence-corrected chi connectivity index (χ4v) is 10.3. The minimum Gasteiger partial charge on any atom is -0.248 e. The van der Waals surface area contributed by atoms with Crippen molar-refractivity contribution in [2.24, 2.45) is 9.98 Å². The van der Waals surface area contributed by atoms with Gasteiger partial charge in [-0.2, -0.15) is 0 Å². The van der Waals surface area contributed by atoms with Gasteiger partial charge in [-0.05, 0) is 90.7 Å². The van der Waals surface area contributed by atoms with E-state index in [1.165, 1.54) is 0 Å². The first kappa shape index (κ1) is 39.2. The summed E-state index contributed by atoms with van der Waals surface area (Å²) in [4.78, 5) is 10.7. The van der Waals surface area contributed by atoms with E-state index in [-0.39, 0.29) is 0 Å². The highest BCUT2D eigenvalue weighted by atomic mass is 15.3. The first-order chi connectivity index (χ1) is 33.8. The molecule has 0 saturated carbocycles. The first-order valence-corrected chi connectivity index (χ1v) is 22.9. The number of aromatic nitrogens is 3. The van der Waals surface area contributed by atoms with Gasteiger partial charge in [-0.25, -0.2) is 9.98 Å². The molecule has 3 heterocycles. The maximum atomic E-state index is 5.34. The molecule has 0 amide bonds. The smallest absolute Gasteiger partial charge is 0.106 e. The largest absolute Gasteiger partial charge is 0.248 e. The van der Waals surface area contributed by atoms with Crippen LogP contribution in [0.4, 0.5) is 11.4 Å². The Labute approximate surface area is 393 Å². The van der Waals surface area contributed by atoms with Crippen molar-refractivity contribution in [2.45, 2.75) is 0 Å². The first-order valence-electron chi connectivity index (χ1n) is 22.9. The second kappa shape index (κ2) is 16.4. The number of benzene rings is 10. The predicted molar refractivity (Wildman–Crippen MR) is 274 cm³/mol. The fraction of sp³-hybridized carbons (Fsp3) is 0. The summed E-state index contributed by atoms with van der Waals surface area (Å²) in [5.74, 6) is 0. The lowest BCUT2D eigenvalue weighted by atomic mass is 9.82. The van der Waals surface area contributed by atoms with Gasteiger partial charge in [0.2, 0.25) is 0 Å². The summed E-state index contributed by atoms with van der Waals surface area (Å²) < 4.78 is 0. The number of nitrogens with zero attached hydrogens (tertiary/aromatic N) is 5. The fourth-order valence-electron chi connectivity index (χ4n) is 10.3. The van der Waals surface area contributed by atoms with Crippen molar-refractivity contribution in [3.8, 4) is 100 Å². The van der Waals surface area contributed by atoms with Gasteiger partial charge in [0, 0.05) is 38.3 Å². The number of hydrogen-bond donors (Lipinski definition) is 0. The molecule has 0 radical (unpaired) electrons. The van der Waals surface area contributed by atoms with Crippen LogP contribution in [0.25, 0.3) is 100 Å². The summed E-state index contributed by atoms with van der Waals surface area (Å²) >= 11 is 0. The van der Waals surface area contributed by atoms with Crippen LogP contribution in [-0.2, 0) is 0 Å². The van der Waals surface area contributed by atoms with Gasteiger partial charge in [-0.15, -0.1) is 10.2 Å². The van der Waals surface area contributed by atoms with Crippen molar-refractivity contribution in [3.63, 3.8) is 0 Å². The Morgan fingerprint density at radius 3 is 1.32 bits per heavy atom. The summed E-state index contributed by atoms with van der Waals surface area (Å²) in [6.07, 6.45) is 0. The topological polar surface area (TPSA) is 63.4 Å². The molecule has 0 spiro atoms. The van der Waals surface area contributed by atoms with E-state index in [2.05, 4.69) is 237 Å². The standard InChI is InChI=1S/C63H39N5/c1-4-20-40(21-5-1)43-26-10-12-28-46(43)48-30-14-16-33-51(48)58-62(52-34-17-15-31-49(52)47-29-13-11-27-44(47)41-22-6-2-7-23-41)66-68-67-63(58)57-45(42-24-8-3-9-25-42)36-38-55-59(57)60-56(64-55)39-37-53-50-32-18-19-35-54(50)65-61(53)60/h1-39H. The van der Waals surface area contributed by atoms with Crippen LogP contribution in [0.5, 0.6) is 0 Å². The second-order valence-corrected chi connectivity index (χ2v) is 17.1. The third kappa shape index (κ3) is 6.44. The average Bonchev–Trinajstić information content (AvgIpc) is 4.00. The molecule has 0 atom stereocenters. The monoisotopic (exact) mass is 865 g/mol. The Morgan fingerprint density at radius 1 is 0.235 bits per heavy atom. The van der Waals surface area contributed by atoms with Crippen LogP contribution in [0.2, 0.25) is 0 Å². The highest BCUT2D eigenvalue weighted by molar-refractivity contribution is 6.09. The van der Waals surface area contributed by atoms with E-state index in [1.54, 1.807) is 0 Å². The van der Waals surface area contributed by atoms with Crippen LogP contribution in [0.15, 0.2) is 247 Å². The zero-order valence-corrected chi connectivity index (χ0v) is 36.8. The van der Waals surface area contributed by atoms with Crippen molar-refractivity contribution >= 4 is 11.4 Å². The Kier molecular flexibility index (Phi) is 9.43. The van der Waals surface area contributed by atoms with Gasteiger partial charge < -0.3 is 0 Å². The number of rotatable bonds is 8. The van der Waals surface area contributed by atoms with Gasteiger partial charge >= 0.3 is 0 Å². The molecule has 10 aromatic carbocycles. The van der Waals surface area contributed by atoms with Crippen LogP contribution in [-0.4, -0.2) is 15.4 Å². The molecule has 5 nitrogen and oxygen atoms in total. The molecule has 5 heteroatoms. The molecule has 0 bridgehead atoms. The Balaban J connectivity index is 1.16. The van der Waals surface area contributed by atoms with Crippen molar-refractivity contribution in [1.82, 2.24) is 15.4 Å². The van der Waals surface area contributed by atoms with E-state index in [1.807, 2.05) is 0 Å². The average molecular weight is 866 g/mol. The molecule has 68 heavy (non-hydrogen) atoms. The number of hydrogen-bond acceptors (Lipinski definition) is 5. The third-order valence-corrected chi connectivity index (χ3v) is 13.3. The van der Waals surface area contributed by atoms with E-state index in [9.17, 15) is 0 Å². The quantitative estimate of drug-likeness (QED) is 0.153. The van der Waals surface area contributed by atoms with Gasteiger partial charge in [0.15, 0.2) is 0 Å². The highest BCUT2D eigenvalue weighted by Gasteiger charge is 2.32. The Morgan fingerprint density at radius 2 is 0.706 bits per heavy atom. The van der Waals surface area contributed by atoms with E-state index in [0.717, 1.165) is 127 Å². The maximum absolute atomic E-state index is 5.34. The van der Waals surface area contributed by atoms with Crippen LogP contribution < -0.4 is 10.7 Å². The summed E-state index contributed by atoms with van der Waals surface area (Å²) in [7, 11) is 0. The molecule has 2 aliphatic heterocycles. The lowest BCUT2D eigenvalue weighted by molar-refractivity contribution is 0.879. The molecule has 0 N–H and O–H groups in total. The van der Waals surface area contributed by atoms with E-state index in [0.29, 0.717) is 5.69 Å². The Hall–Kier alpha value is -9.19. The molecular weight excluding hydrogens is 827 g/mol. The minimum atomic E-state index is 0.706. The molecular formula is C63H39N5. The SMILES string of the molecule is c1ccc(-c2ccccc2-c2ccccc2-c2nnnc(-c3c(-c4ccccc4)ccc4c3-c3c5c(ccc3=N4)=c3ccccc3=N5)c2-c2ccccc2-c2ccccc2-c2ccccc2)cc1. The third-order valence-electron chi connectivity index (χ3n) is 13.3. The van der Waals surface area contributed by atoms with Gasteiger partial charge in [0.05, 0.1) is 22.1 Å². The molecule has 1 aromatic heterocycles. The predicted octanol–water partition coefficient (Wildman–Crippen LogP) is 14.7. The van der Waals surface area contributed by atoms with Crippen LogP contribution in [0, 0.1) is 10.4 Å². The molecule has 11 aromatic rings. The van der Waals surface area contributed by atoms with Gasteiger partial charge in [0.1, 0.15) is 11.4 Å². The number of fused-ring (bicyclic) bond motifs is 6. The molecule has 2 aliphatic rings. The lowest BCUT2D eigenvalue weighted by Gasteiger charge is -2.22. The van der Waals surface area contributed by atoms with Crippen LogP contribution in [0.1, 0.15) is 0 Å². The molecule has 0 unspecified atom stereocenters. The zero-order chi connectivity index (χ0) is 45.0. The number of para-hydroxylation sites is 1. The second-order valence-electron chi connectivity index (χ2n) is 17.1. The zero-order valence-electron chi connectivity index (χ0n) is 36.8. The van der Waals surface area contributed by atoms with Gasteiger partial charge in [-0.1, -0.05) is 212 Å². The van der Waals surface area contributed by atoms with E-state index >= 15 is 0 Å². The summed E-state index contributed by atoms with van der Waals surface area (Å²) in [6, 6.07) is 83.4. The van der Waals surface area contributed by atoms with Gasteiger partial charge in [-0.3, -0.25) is 0 Å². The molecule has 13 rings (SSSR count).